The molecule has 21 nitrogen and oxygen atoms in total. The Morgan fingerprint density at radius 2 is 0.488 bits per heavy atom. The number of hydrogen-bond donors (Lipinski definition) is 0. The lowest BCUT2D eigenvalue weighted by molar-refractivity contribution is -0.0303. The zero-order valence-corrected chi connectivity index (χ0v) is 48.1. The summed E-state index contributed by atoms with van der Waals surface area (Å²) in [5.74, 6) is 0.347. The molecule has 0 heterocycles. The van der Waals surface area contributed by atoms with Crippen LogP contribution in [0.25, 0.3) is 22.3 Å². The predicted molar refractivity (Wildman–Crippen MR) is 304 cm³/mol. The van der Waals surface area contributed by atoms with E-state index in [9.17, 15) is 9.59 Å². The first kappa shape index (κ1) is 69.5. The highest BCUT2D eigenvalue weighted by atomic mass is 16.6. The molecule has 458 valence electrons. The maximum absolute atomic E-state index is 12.9. The molecule has 0 saturated heterocycles. The SMILES string of the molecule is CCOC(=O)c1ccc(-c2ccc(OC(=O)c3ccc(-c4ccc(OCCOCCOCCOCCOCCOCCOCCOCCOCCOCCOCCOCCOCCOCCOCCOCCOC)cc4)cc3)cc2)cc1. The first-order valence-electron chi connectivity index (χ1n) is 28.2. The molecule has 0 radical (unpaired) electrons. The smallest absolute Gasteiger partial charge is 0.343 e. The van der Waals surface area contributed by atoms with Gasteiger partial charge in [0.1, 0.15) is 18.1 Å². The predicted octanol–water partition coefficient (Wildman–Crippen LogP) is 6.69. The first-order valence-corrected chi connectivity index (χ1v) is 28.2. The quantitative estimate of drug-likeness (QED) is 0.0256. The van der Waals surface area contributed by atoms with Gasteiger partial charge in [-0.15, -0.1) is 0 Å². The third kappa shape index (κ3) is 35.2. The average Bonchev–Trinajstić information content (AvgIpc) is 3.69. The van der Waals surface area contributed by atoms with E-state index in [0.717, 1.165) is 28.0 Å². The van der Waals surface area contributed by atoms with Gasteiger partial charge in [0.05, 0.1) is 223 Å². The molecule has 82 heavy (non-hydrogen) atoms. The zero-order chi connectivity index (χ0) is 57.9. The van der Waals surface area contributed by atoms with Gasteiger partial charge in [-0.1, -0.05) is 48.5 Å². The summed E-state index contributed by atoms with van der Waals surface area (Å²) in [5.41, 5.74) is 4.71. The van der Waals surface area contributed by atoms with Crippen LogP contribution < -0.4 is 9.47 Å². The molecule has 0 aromatic heterocycles. The molecule has 0 atom stereocenters. The second kappa shape index (κ2) is 49.4. The third-order valence-corrected chi connectivity index (χ3v) is 11.2. The van der Waals surface area contributed by atoms with Gasteiger partial charge in [-0.05, 0) is 77.7 Å². The van der Waals surface area contributed by atoms with Crippen LogP contribution in [0.4, 0.5) is 0 Å². The number of hydrogen-bond acceptors (Lipinski definition) is 21. The van der Waals surface area contributed by atoms with Crippen LogP contribution in [-0.4, -0.2) is 237 Å². The van der Waals surface area contributed by atoms with Gasteiger partial charge in [0.15, 0.2) is 0 Å². The van der Waals surface area contributed by atoms with Gasteiger partial charge < -0.3 is 90.0 Å². The van der Waals surface area contributed by atoms with Crippen molar-refractivity contribution in [3.63, 3.8) is 0 Å². The standard InChI is InChI=1S/C61H88O21/c1-3-80-60(62)56-8-4-52(5-9-56)55-14-18-59(19-15-55)82-61(63)57-10-6-53(7-11-57)54-12-16-58(17-13-54)81-51-50-79-49-48-78-47-46-77-45-44-76-43-42-75-41-40-74-39-38-73-37-36-72-35-34-71-33-32-70-31-30-69-29-28-68-27-26-67-25-24-66-23-22-65-21-20-64-2/h4-19H,3,20-51H2,1-2H3. The van der Waals surface area contributed by atoms with E-state index in [2.05, 4.69) is 0 Å². The molecule has 21 heteroatoms. The van der Waals surface area contributed by atoms with Crippen LogP contribution in [-0.2, 0) is 80.5 Å². The highest BCUT2D eigenvalue weighted by Gasteiger charge is 2.11. The van der Waals surface area contributed by atoms with Gasteiger partial charge in [-0.25, -0.2) is 9.59 Å². The number of ether oxygens (including phenoxy) is 19. The van der Waals surface area contributed by atoms with Crippen molar-refractivity contribution in [1.29, 1.82) is 0 Å². The van der Waals surface area contributed by atoms with Crippen LogP contribution in [0.15, 0.2) is 97.1 Å². The number of esters is 2. The summed E-state index contributed by atoms with van der Waals surface area (Å²) in [6.45, 7) is 17.8. The van der Waals surface area contributed by atoms with Crippen LogP contribution in [0.5, 0.6) is 11.5 Å². The Kier molecular flexibility index (Phi) is 41.9. The van der Waals surface area contributed by atoms with E-state index in [1.165, 1.54) is 0 Å². The van der Waals surface area contributed by atoms with Crippen molar-refractivity contribution in [2.75, 3.05) is 225 Å². The average molecular weight is 1160 g/mol. The molecule has 4 rings (SSSR count). The highest BCUT2D eigenvalue weighted by Crippen LogP contribution is 2.26. The van der Waals surface area contributed by atoms with E-state index in [-0.39, 0.29) is 5.97 Å². The van der Waals surface area contributed by atoms with Gasteiger partial charge in [0, 0.05) is 7.11 Å². The summed E-state index contributed by atoms with van der Waals surface area (Å²) in [4.78, 5) is 24.8. The number of carbonyl (C=O) groups excluding carboxylic acids is 2. The van der Waals surface area contributed by atoms with Crippen LogP contribution in [0.3, 0.4) is 0 Å². The second-order valence-corrected chi connectivity index (χ2v) is 17.3. The Balaban J connectivity index is 0.806. The maximum atomic E-state index is 12.9. The van der Waals surface area contributed by atoms with Crippen molar-refractivity contribution in [3.05, 3.63) is 108 Å². The van der Waals surface area contributed by atoms with E-state index in [1.807, 2.05) is 60.7 Å². The van der Waals surface area contributed by atoms with Gasteiger partial charge in [0.25, 0.3) is 0 Å². The summed E-state index contributed by atoms with van der Waals surface area (Å²) in [6, 6.07) is 29.4. The summed E-state index contributed by atoms with van der Waals surface area (Å²) < 4.78 is 104. The minimum Gasteiger partial charge on any atom is -0.491 e. The molecule has 0 fully saturated rings. The molecule has 0 aliphatic carbocycles. The Hall–Kier alpha value is -5.02. The maximum Gasteiger partial charge on any atom is 0.343 e. The summed E-state index contributed by atoms with van der Waals surface area (Å²) in [5, 5.41) is 0. The molecular weight excluding hydrogens is 1070 g/mol. The molecule has 0 saturated carbocycles. The van der Waals surface area contributed by atoms with Gasteiger partial charge in [-0.3, -0.25) is 0 Å². The Morgan fingerprint density at radius 1 is 0.268 bits per heavy atom. The Labute approximate surface area is 484 Å². The molecule has 4 aromatic carbocycles. The lowest BCUT2D eigenvalue weighted by Crippen LogP contribution is -2.16. The molecule has 0 spiro atoms. The molecule has 0 N–H and O–H groups in total. The van der Waals surface area contributed by atoms with Crippen molar-refractivity contribution in [2.24, 2.45) is 0 Å². The molecule has 4 aromatic rings. The molecule has 0 aliphatic rings. The van der Waals surface area contributed by atoms with E-state index < -0.39 is 5.97 Å². The fraction of sp³-hybridized carbons (Fsp3) is 0.574. The van der Waals surface area contributed by atoms with Crippen molar-refractivity contribution in [1.82, 2.24) is 0 Å². The normalized spacial score (nSPS) is 11.3. The van der Waals surface area contributed by atoms with Crippen LogP contribution in [0.2, 0.25) is 0 Å². The van der Waals surface area contributed by atoms with Crippen LogP contribution in [0, 0.1) is 0 Å². The molecule has 0 unspecified atom stereocenters. The highest BCUT2D eigenvalue weighted by molar-refractivity contribution is 5.92. The summed E-state index contributed by atoms with van der Waals surface area (Å²) in [6.07, 6.45) is 0. The third-order valence-electron chi connectivity index (χ3n) is 11.2. The van der Waals surface area contributed by atoms with Gasteiger partial charge >= 0.3 is 11.9 Å². The summed E-state index contributed by atoms with van der Waals surface area (Å²) >= 11 is 0. The molecule has 0 aliphatic heterocycles. The number of rotatable bonds is 55. The first-order chi connectivity index (χ1) is 40.6. The fourth-order valence-corrected chi connectivity index (χ4v) is 6.98. The number of methoxy groups -OCH3 is 1. The van der Waals surface area contributed by atoms with Crippen LogP contribution >= 0.6 is 0 Å². The molecule has 0 bridgehead atoms. The van der Waals surface area contributed by atoms with E-state index in [4.69, 9.17) is 90.0 Å². The van der Waals surface area contributed by atoms with Crippen molar-refractivity contribution < 1.29 is 99.6 Å². The Morgan fingerprint density at radius 3 is 0.744 bits per heavy atom. The van der Waals surface area contributed by atoms with E-state index in [0.29, 0.717) is 235 Å². The largest absolute Gasteiger partial charge is 0.491 e. The van der Waals surface area contributed by atoms with E-state index in [1.54, 1.807) is 50.4 Å². The van der Waals surface area contributed by atoms with Crippen LogP contribution in [0.1, 0.15) is 27.6 Å². The Bertz CT molecular complexity index is 2110. The lowest BCUT2D eigenvalue weighted by Gasteiger charge is -2.10. The fourth-order valence-electron chi connectivity index (χ4n) is 6.98. The van der Waals surface area contributed by atoms with E-state index >= 15 is 0 Å². The zero-order valence-electron chi connectivity index (χ0n) is 48.1. The van der Waals surface area contributed by atoms with Gasteiger partial charge in [0.2, 0.25) is 0 Å². The van der Waals surface area contributed by atoms with Crippen molar-refractivity contribution in [3.8, 4) is 33.8 Å². The number of benzene rings is 4. The monoisotopic (exact) mass is 1160 g/mol. The minimum atomic E-state index is -0.454. The topological polar surface area (TPSA) is 210 Å². The van der Waals surface area contributed by atoms with Crippen molar-refractivity contribution >= 4 is 11.9 Å². The van der Waals surface area contributed by atoms with Gasteiger partial charge in [-0.2, -0.15) is 0 Å². The lowest BCUT2D eigenvalue weighted by atomic mass is 10.0. The minimum absolute atomic E-state index is 0.323. The molecular formula is C61H88O21. The summed E-state index contributed by atoms with van der Waals surface area (Å²) in [7, 11) is 1.64. The second-order valence-electron chi connectivity index (χ2n) is 17.3. The number of carbonyl (C=O) groups is 2. The molecule has 0 amide bonds. The van der Waals surface area contributed by atoms with Crippen molar-refractivity contribution in [2.45, 2.75) is 6.92 Å².